The van der Waals surface area contributed by atoms with Crippen LogP contribution in [0.2, 0.25) is 0 Å². The van der Waals surface area contributed by atoms with Crippen molar-refractivity contribution in [3.63, 3.8) is 0 Å². The van der Waals surface area contributed by atoms with Crippen LogP contribution in [0.4, 0.5) is 0 Å². The van der Waals surface area contributed by atoms with Gasteiger partial charge < -0.3 is 5.73 Å². The smallest absolute Gasteiger partial charge is 0.103 e. The molecule has 0 bridgehead atoms. The first-order chi connectivity index (χ1) is 5.24. The molecular formula is C8H9NS2. The van der Waals surface area contributed by atoms with Gasteiger partial charge in [0.2, 0.25) is 0 Å². The largest absolute Gasteiger partial charge is 0.389 e. The Bertz CT molecular complexity index is 253. The molecular weight excluding hydrogens is 174 g/mol. The molecule has 1 aromatic carbocycles. The van der Waals surface area contributed by atoms with Crippen molar-refractivity contribution in [3.05, 3.63) is 35.4 Å². The number of hydrogen-bond acceptors (Lipinski definition) is 2. The van der Waals surface area contributed by atoms with Gasteiger partial charge in [-0.2, -0.15) is 12.6 Å². The summed E-state index contributed by atoms with van der Waals surface area (Å²) in [5.41, 5.74) is 7.50. The Morgan fingerprint density at radius 1 is 1.36 bits per heavy atom. The first-order valence-electron chi connectivity index (χ1n) is 3.23. The van der Waals surface area contributed by atoms with Crippen LogP contribution in [0.5, 0.6) is 0 Å². The maximum atomic E-state index is 5.42. The number of nitrogens with two attached hydrogens (primary N) is 1. The SMILES string of the molecule is NC(=S)c1ccc(CS)cc1. The Labute approximate surface area is 77.0 Å². The third-order valence-corrected chi connectivity index (χ3v) is 2.02. The van der Waals surface area contributed by atoms with E-state index >= 15 is 0 Å². The molecule has 2 N–H and O–H groups in total. The highest BCUT2D eigenvalue weighted by atomic mass is 32.1. The van der Waals surface area contributed by atoms with Crippen molar-refractivity contribution in [1.82, 2.24) is 0 Å². The summed E-state index contributed by atoms with van der Waals surface area (Å²) >= 11 is 8.93. The van der Waals surface area contributed by atoms with Crippen molar-refractivity contribution in [2.75, 3.05) is 0 Å². The number of hydrogen-bond donors (Lipinski definition) is 2. The van der Waals surface area contributed by atoms with Gasteiger partial charge >= 0.3 is 0 Å². The standard InChI is InChI=1S/C8H9NS2/c9-8(11)7-3-1-6(5-10)2-4-7/h1-4,10H,5H2,(H2,9,11). The lowest BCUT2D eigenvalue weighted by molar-refractivity contribution is 1.42. The second kappa shape index (κ2) is 3.74. The molecule has 0 aliphatic heterocycles. The molecule has 1 nitrogen and oxygen atoms in total. The summed E-state index contributed by atoms with van der Waals surface area (Å²) in [5, 5.41) is 0. The minimum absolute atomic E-state index is 0.440. The van der Waals surface area contributed by atoms with Gasteiger partial charge in [-0.05, 0) is 5.56 Å². The summed E-state index contributed by atoms with van der Waals surface area (Å²) in [6, 6.07) is 7.77. The summed E-state index contributed by atoms with van der Waals surface area (Å²) in [6.07, 6.45) is 0. The van der Waals surface area contributed by atoms with Crippen molar-refractivity contribution in [3.8, 4) is 0 Å². The van der Waals surface area contributed by atoms with E-state index in [1.807, 2.05) is 24.3 Å². The second-order valence-corrected chi connectivity index (χ2v) is 2.98. The van der Waals surface area contributed by atoms with Gasteiger partial charge in [0.25, 0.3) is 0 Å². The molecule has 0 atom stereocenters. The van der Waals surface area contributed by atoms with Crippen LogP contribution in [0.25, 0.3) is 0 Å². The van der Waals surface area contributed by atoms with Crippen LogP contribution in [0.3, 0.4) is 0 Å². The predicted molar refractivity (Wildman–Crippen MR) is 55.0 cm³/mol. The highest BCUT2D eigenvalue weighted by Crippen LogP contribution is 2.05. The van der Waals surface area contributed by atoms with E-state index in [1.54, 1.807) is 0 Å². The molecule has 1 rings (SSSR count). The van der Waals surface area contributed by atoms with E-state index in [2.05, 4.69) is 12.6 Å². The molecule has 0 aromatic heterocycles. The molecule has 0 fully saturated rings. The Kier molecular flexibility index (Phi) is 2.91. The maximum Gasteiger partial charge on any atom is 0.103 e. The number of rotatable bonds is 2. The number of benzene rings is 1. The molecule has 0 radical (unpaired) electrons. The monoisotopic (exact) mass is 183 g/mol. The van der Waals surface area contributed by atoms with Crippen molar-refractivity contribution >= 4 is 29.8 Å². The van der Waals surface area contributed by atoms with Crippen LogP contribution >= 0.6 is 24.8 Å². The predicted octanol–water partition coefficient (Wildman–Crippen LogP) is 1.75. The minimum atomic E-state index is 0.440. The van der Waals surface area contributed by atoms with E-state index in [-0.39, 0.29) is 0 Å². The summed E-state index contributed by atoms with van der Waals surface area (Å²) in [5.74, 6) is 0.748. The van der Waals surface area contributed by atoms with E-state index in [0.29, 0.717) is 4.99 Å². The van der Waals surface area contributed by atoms with Crippen LogP contribution in [0.15, 0.2) is 24.3 Å². The summed E-state index contributed by atoms with van der Waals surface area (Å²) in [6.45, 7) is 0. The second-order valence-electron chi connectivity index (χ2n) is 2.22. The van der Waals surface area contributed by atoms with Crippen molar-refractivity contribution < 1.29 is 0 Å². The van der Waals surface area contributed by atoms with Crippen LogP contribution in [-0.4, -0.2) is 4.99 Å². The maximum absolute atomic E-state index is 5.42. The van der Waals surface area contributed by atoms with Crippen LogP contribution in [0.1, 0.15) is 11.1 Å². The van der Waals surface area contributed by atoms with E-state index in [9.17, 15) is 0 Å². The van der Waals surface area contributed by atoms with Gasteiger partial charge in [0.1, 0.15) is 4.99 Å². The van der Waals surface area contributed by atoms with Crippen LogP contribution < -0.4 is 5.73 Å². The summed E-state index contributed by atoms with van der Waals surface area (Å²) in [4.78, 5) is 0.440. The van der Waals surface area contributed by atoms with E-state index in [1.165, 1.54) is 5.56 Å². The van der Waals surface area contributed by atoms with Gasteiger partial charge in [0.05, 0.1) is 0 Å². The zero-order valence-electron chi connectivity index (χ0n) is 5.95. The zero-order chi connectivity index (χ0) is 8.27. The molecule has 0 heterocycles. The summed E-state index contributed by atoms with van der Waals surface area (Å²) < 4.78 is 0. The summed E-state index contributed by atoms with van der Waals surface area (Å²) in [7, 11) is 0. The molecule has 0 saturated heterocycles. The van der Waals surface area contributed by atoms with Crippen molar-refractivity contribution in [1.29, 1.82) is 0 Å². The normalized spacial score (nSPS) is 9.55. The van der Waals surface area contributed by atoms with Gasteiger partial charge in [-0.3, -0.25) is 0 Å². The van der Waals surface area contributed by atoms with Gasteiger partial charge in [0.15, 0.2) is 0 Å². The lowest BCUT2D eigenvalue weighted by atomic mass is 10.1. The van der Waals surface area contributed by atoms with Crippen LogP contribution in [-0.2, 0) is 5.75 Å². The first kappa shape index (κ1) is 8.56. The average molecular weight is 183 g/mol. The Balaban J connectivity index is 2.91. The third-order valence-electron chi connectivity index (χ3n) is 1.42. The Morgan fingerprint density at radius 3 is 2.27 bits per heavy atom. The van der Waals surface area contributed by atoms with E-state index < -0.39 is 0 Å². The Morgan fingerprint density at radius 2 is 1.91 bits per heavy atom. The minimum Gasteiger partial charge on any atom is -0.389 e. The van der Waals surface area contributed by atoms with Gasteiger partial charge in [-0.1, -0.05) is 36.5 Å². The zero-order valence-corrected chi connectivity index (χ0v) is 7.66. The van der Waals surface area contributed by atoms with Crippen LogP contribution in [0, 0.1) is 0 Å². The average Bonchev–Trinajstić information content (AvgIpc) is 2.05. The fourth-order valence-electron chi connectivity index (χ4n) is 0.774. The molecule has 0 unspecified atom stereocenters. The Hall–Kier alpha value is -0.540. The molecule has 58 valence electrons. The van der Waals surface area contributed by atoms with Gasteiger partial charge in [-0.25, -0.2) is 0 Å². The fourth-order valence-corrected chi connectivity index (χ4v) is 1.12. The molecule has 0 aliphatic carbocycles. The molecule has 3 heteroatoms. The lowest BCUT2D eigenvalue weighted by Crippen LogP contribution is -2.08. The fraction of sp³-hybridized carbons (Fsp3) is 0.125. The van der Waals surface area contributed by atoms with Gasteiger partial charge in [-0.15, -0.1) is 0 Å². The number of thiol groups is 1. The molecule has 1 aromatic rings. The van der Waals surface area contributed by atoms with Gasteiger partial charge in [0, 0.05) is 11.3 Å². The quantitative estimate of drug-likeness (QED) is 0.539. The topological polar surface area (TPSA) is 26.0 Å². The molecule has 11 heavy (non-hydrogen) atoms. The molecule has 0 spiro atoms. The molecule has 0 saturated carbocycles. The molecule has 0 aliphatic rings. The van der Waals surface area contributed by atoms with E-state index in [0.717, 1.165) is 11.3 Å². The van der Waals surface area contributed by atoms with E-state index in [4.69, 9.17) is 18.0 Å². The lowest BCUT2D eigenvalue weighted by Gasteiger charge is -1.98. The van der Waals surface area contributed by atoms with Crippen molar-refractivity contribution in [2.24, 2.45) is 5.73 Å². The van der Waals surface area contributed by atoms with Crippen molar-refractivity contribution in [2.45, 2.75) is 5.75 Å². The molecule has 0 amide bonds. The third kappa shape index (κ3) is 2.20. The number of thiocarbonyl (C=S) groups is 1. The highest BCUT2D eigenvalue weighted by Gasteiger charge is 1.94. The highest BCUT2D eigenvalue weighted by molar-refractivity contribution is 7.80. The first-order valence-corrected chi connectivity index (χ1v) is 4.27.